The minimum atomic E-state index is 0.0822. The van der Waals surface area contributed by atoms with Crippen molar-refractivity contribution in [2.45, 2.75) is 38.8 Å². The topological polar surface area (TPSA) is 45.4 Å². The van der Waals surface area contributed by atoms with Crippen LogP contribution in [0.1, 0.15) is 36.4 Å². The average molecular weight is 268 g/mol. The molecule has 2 unspecified atom stereocenters. The number of anilines is 1. The molecule has 0 aromatic carbocycles. The van der Waals surface area contributed by atoms with Gasteiger partial charge in [0.05, 0.1) is 5.69 Å². The highest BCUT2D eigenvalue weighted by atomic mass is 32.1. The molecule has 1 aliphatic heterocycles. The molecule has 2 N–H and O–H groups in total. The molecule has 1 saturated heterocycles. The quantitative estimate of drug-likeness (QED) is 0.907. The maximum absolute atomic E-state index is 5.96. The van der Waals surface area contributed by atoms with Crippen molar-refractivity contribution in [3.8, 4) is 0 Å². The Hall–Kier alpha value is -0.650. The molecule has 4 nitrogen and oxygen atoms in total. The van der Waals surface area contributed by atoms with Gasteiger partial charge in [0, 0.05) is 30.6 Å². The summed E-state index contributed by atoms with van der Waals surface area (Å²) in [7, 11) is 4.35. The fourth-order valence-corrected chi connectivity index (χ4v) is 3.57. The molecule has 1 aromatic rings. The number of nitrogens with two attached hydrogens (primary N) is 1. The highest BCUT2D eigenvalue weighted by molar-refractivity contribution is 7.15. The van der Waals surface area contributed by atoms with Crippen molar-refractivity contribution in [2.75, 3.05) is 32.1 Å². The molecule has 0 radical (unpaired) electrons. The number of aryl methyl sites for hydroxylation is 1. The lowest BCUT2D eigenvalue weighted by Crippen LogP contribution is -2.36. The maximum atomic E-state index is 5.96. The van der Waals surface area contributed by atoms with E-state index in [9.17, 15) is 0 Å². The zero-order valence-corrected chi connectivity index (χ0v) is 12.6. The molecule has 2 heterocycles. The van der Waals surface area contributed by atoms with Gasteiger partial charge in [-0.2, -0.15) is 0 Å². The van der Waals surface area contributed by atoms with Crippen molar-refractivity contribution < 1.29 is 0 Å². The number of hydrogen-bond donors (Lipinski definition) is 1. The van der Waals surface area contributed by atoms with Crippen molar-refractivity contribution in [2.24, 2.45) is 5.73 Å². The van der Waals surface area contributed by atoms with E-state index in [1.54, 1.807) is 11.3 Å². The summed E-state index contributed by atoms with van der Waals surface area (Å²) in [4.78, 5) is 10.6. The number of hydrogen-bond acceptors (Lipinski definition) is 5. The lowest BCUT2D eigenvalue weighted by atomic mass is 10.2. The van der Waals surface area contributed by atoms with Gasteiger partial charge in [-0.25, -0.2) is 4.98 Å². The second-order valence-corrected chi connectivity index (χ2v) is 6.40. The van der Waals surface area contributed by atoms with Gasteiger partial charge >= 0.3 is 0 Å². The normalized spacial score (nSPS) is 22.4. The van der Waals surface area contributed by atoms with Crippen molar-refractivity contribution in [3.63, 3.8) is 0 Å². The Morgan fingerprint density at radius 2 is 2.33 bits per heavy atom. The Labute approximate surface area is 114 Å². The SMILES string of the molecule is Cc1nc(N(C)CC2CCCN2C)sc1C(C)N. The highest BCUT2D eigenvalue weighted by Gasteiger charge is 2.23. The third-order valence-corrected chi connectivity index (χ3v) is 5.19. The highest BCUT2D eigenvalue weighted by Crippen LogP contribution is 2.29. The molecule has 2 rings (SSSR count). The minimum Gasteiger partial charge on any atom is -0.350 e. The molecule has 2 atom stereocenters. The van der Waals surface area contributed by atoms with E-state index < -0.39 is 0 Å². The summed E-state index contributed by atoms with van der Waals surface area (Å²) in [5, 5.41) is 1.10. The first-order valence-corrected chi connectivity index (χ1v) is 7.45. The van der Waals surface area contributed by atoms with Gasteiger partial charge in [-0.3, -0.25) is 0 Å². The second-order valence-electron chi connectivity index (χ2n) is 5.39. The van der Waals surface area contributed by atoms with Crippen LogP contribution in [0.3, 0.4) is 0 Å². The average Bonchev–Trinajstić information content (AvgIpc) is 2.86. The zero-order chi connectivity index (χ0) is 13.3. The summed E-state index contributed by atoms with van der Waals surface area (Å²) in [6.45, 7) is 6.35. The van der Waals surface area contributed by atoms with Crippen molar-refractivity contribution in [1.82, 2.24) is 9.88 Å². The van der Waals surface area contributed by atoms with Gasteiger partial charge < -0.3 is 15.5 Å². The fourth-order valence-electron chi connectivity index (χ4n) is 2.58. The van der Waals surface area contributed by atoms with Crippen LogP contribution in [0.4, 0.5) is 5.13 Å². The molecule has 0 bridgehead atoms. The first-order chi connectivity index (χ1) is 8.49. The summed E-state index contributed by atoms with van der Waals surface area (Å²) >= 11 is 1.73. The van der Waals surface area contributed by atoms with Crippen LogP contribution in [-0.2, 0) is 0 Å². The van der Waals surface area contributed by atoms with E-state index in [2.05, 4.69) is 28.9 Å². The lowest BCUT2D eigenvalue weighted by Gasteiger charge is -2.25. The summed E-state index contributed by atoms with van der Waals surface area (Å²) in [6.07, 6.45) is 2.61. The first-order valence-electron chi connectivity index (χ1n) is 6.63. The van der Waals surface area contributed by atoms with E-state index >= 15 is 0 Å². The van der Waals surface area contributed by atoms with Gasteiger partial charge in [0.1, 0.15) is 0 Å². The van der Waals surface area contributed by atoms with Gasteiger partial charge in [-0.05, 0) is 40.3 Å². The van der Waals surface area contributed by atoms with Crippen LogP contribution in [0, 0.1) is 6.92 Å². The number of aromatic nitrogens is 1. The Morgan fingerprint density at radius 1 is 1.61 bits per heavy atom. The third-order valence-electron chi connectivity index (χ3n) is 3.72. The molecule has 1 aromatic heterocycles. The lowest BCUT2D eigenvalue weighted by molar-refractivity contribution is 0.314. The molecular formula is C13H24N4S. The van der Waals surface area contributed by atoms with Crippen LogP contribution in [0.15, 0.2) is 0 Å². The molecule has 0 saturated carbocycles. The number of nitrogens with zero attached hydrogens (tertiary/aromatic N) is 3. The van der Waals surface area contributed by atoms with E-state index in [0.717, 1.165) is 17.4 Å². The molecule has 0 aliphatic carbocycles. The molecule has 0 amide bonds. The molecule has 102 valence electrons. The predicted octanol–water partition coefficient (Wildman–Crippen LogP) is 2.00. The van der Waals surface area contributed by atoms with Crippen molar-refractivity contribution in [1.29, 1.82) is 0 Å². The van der Waals surface area contributed by atoms with Crippen LogP contribution in [0.2, 0.25) is 0 Å². The molecule has 1 aliphatic rings. The summed E-state index contributed by atoms with van der Waals surface area (Å²) in [6, 6.07) is 0.747. The van der Waals surface area contributed by atoms with Crippen molar-refractivity contribution in [3.05, 3.63) is 10.6 Å². The van der Waals surface area contributed by atoms with E-state index in [-0.39, 0.29) is 6.04 Å². The van der Waals surface area contributed by atoms with Crippen molar-refractivity contribution >= 4 is 16.5 Å². The maximum Gasteiger partial charge on any atom is 0.185 e. The van der Waals surface area contributed by atoms with E-state index in [0.29, 0.717) is 6.04 Å². The molecule has 5 heteroatoms. The van der Waals surface area contributed by atoms with E-state index in [4.69, 9.17) is 5.73 Å². The van der Waals surface area contributed by atoms with E-state index in [1.807, 2.05) is 13.8 Å². The van der Waals surface area contributed by atoms with Crippen LogP contribution >= 0.6 is 11.3 Å². The van der Waals surface area contributed by atoms with Gasteiger partial charge in [0.15, 0.2) is 5.13 Å². The molecular weight excluding hydrogens is 244 g/mol. The van der Waals surface area contributed by atoms with E-state index in [1.165, 1.54) is 24.3 Å². The number of rotatable bonds is 4. The Bertz CT molecular complexity index is 402. The number of likely N-dealkylation sites (N-methyl/N-ethyl adjacent to an activating group) is 2. The standard InChI is InChI=1S/C13H24N4S/c1-9(14)12-10(2)15-13(18-12)17(4)8-11-6-5-7-16(11)3/h9,11H,5-8,14H2,1-4H3. The second kappa shape index (κ2) is 5.55. The predicted molar refractivity (Wildman–Crippen MR) is 78.4 cm³/mol. The smallest absolute Gasteiger partial charge is 0.185 e. The Balaban J connectivity index is 2.04. The molecule has 18 heavy (non-hydrogen) atoms. The monoisotopic (exact) mass is 268 g/mol. The molecule has 0 spiro atoms. The number of thiazole rings is 1. The van der Waals surface area contributed by atoms with Crippen LogP contribution < -0.4 is 10.6 Å². The minimum absolute atomic E-state index is 0.0822. The van der Waals surface area contributed by atoms with Gasteiger partial charge in [0.25, 0.3) is 0 Å². The number of likely N-dealkylation sites (tertiary alicyclic amines) is 1. The van der Waals surface area contributed by atoms with Crippen LogP contribution in [0.5, 0.6) is 0 Å². The van der Waals surface area contributed by atoms with Gasteiger partial charge in [0.2, 0.25) is 0 Å². The summed E-state index contributed by atoms with van der Waals surface area (Å²) < 4.78 is 0. The molecule has 1 fully saturated rings. The summed E-state index contributed by atoms with van der Waals surface area (Å²) in [5.41, 5.74) is 7.04. The fraction of sp³-hybridized carbons (Fsp3) is 0.769. The zero-order valence-electron chi connectivity index (χ0n) is 11.8. The van der Waals surface area contributed by atoms with Crippen LogP contribution in [-0.4, -0.2) is 43.1 Å². The Kier molecular flexibility index (Phi) is 4.25. The van der Waals surface area contributed by atoms with Gasteiger partial charge in [-0.1, -0.05) is 0 Å². The largest absolute Gasteiger partial charge is 0.350 e. The van der Waals surface area contributed by atoms with Crippen LogP contribution in [0.25, 0.3) is 0 Å². The third kappa shape index (κ3) is 2.84. The first kappa shape index (κ1) is 13.8. The Morgan fingerprint density at radius 3 is 2.83 bits per heavy atom. The van der Waals surface area contributed by atoms with Gasteiger partial charge in [-0.15, -0.1) is 11.3 Å². The summed E-state index contributed by atoms with van der Waals surface area (Å²) in [5.74, 6) is 0.